The highest BCUT2D eigenvalue weighted by molar-refractivity contribution is 5.99. The van der Waals surface area contributed by atoms with Gasteiger partial charge in [-0.2, -0.15) is 0 Å². The second-order valence-electron chi connectivity index (χ2n) is 8.95. The Labute approximate surface area is 203 Å². The second kappa shape index (κ2) is 8.98. The molecular weight excluding hydrogens is 446 g/mol. The van der Waals surface area contributed by atoms with Crippen LogP contribution in [0.25, 0.3) is 0 Å². The van der Waals surface area contributed by atoms with Crippen LogP contribution >= 0.6 is 0 Å². The number of benzene rings is 3. The normalized spacial score (nSPS) is 17.2. The molecule has 0 saturated heterocycles. The van der Waals surface area contributed by atoms with Crippen LogP contribution in [0.3, 0.4) is 0 Å². The van der Waals surface area contributed by atoms with Gasteiger partial charge < -0.3 is 25.0 Å². The fourth-order valence-corrected chi connectivity index (χ4v) is 4.93. The molecule has 0 fully saturated rings. The zero-order valence-corrected chi connectivity index (χ0v) is 19.5. The van der Waals surface area contributed by atoms with Gasteiger partial charge >= 0.3 is 5.97 Å². The van der Waals surface area contributed by atoms with Crippen molar-refractivity contribution in [3.8, 4) is 23.0 Å². The highest BCUT2D eigenvalue weighted by Gasteiger charge is 2.54. The molecule has 2 aliphatic rings. The molecule has 5 rings (SSSR count). The fraction of sp³-hybridized carbons (Fsp3) is 0.286. The molecule has 2 aliphatic heterocycles. The first kappa shape index (κ1) is 22.8. The number of unbranched alkanes of at least 4 members (excludes halogenated alkanes) is 4. The Hall–Kier alpha value is -4.00. The molecule has 180 valence electrons. The van der Waals surface area contributed by atoms with Gasteiger partial charge in [-0.05, 0) is 36.8 Å². The molecule has 7 nitrogen and oxygen atoms in total. The van der Waals surface area contributed by atoms with Crippen LogP contribution in [0.5, 0.6) is 23.0 Å². The van der Waals surface area contributed by atoms with E-state index in [1.54, 1.807) is 24.3 Å². The first-order valence-electron chi connectivity index (χ1n) is 12.0. The fourth-order valence-electron chi connectivity index (χ4n) is 4.93. The monoisotopic (exact) mass is 473 g/mol. The number of ether oxygens (including phenoxy) is 2. The van der Waals surface area contributed by atoms with Crippen molar-refractivity contribution in [1.82, 2.24) is 0 Å². The molecule has 1 spiro atoms. The lowest BCUT2D eigenvalue weighted by molar-refractivity contribution is -0.116. The second-order valence-corrected chi connectivity index (χ2v) is 8.95. The Morgan fingerprint density at radius 1 is 0.943 bits per heavy atom. The molecule has 0 aliphatic carbocycles. The summed E-state index contributed by atoms with van der Waals surface area (Å²) in [7, 11) is 0. The van der Waals surface area contributed by atoms with Crippen molar-refractivity contribution < 1.29 is 29.3 Å². The minimum absolute atomic E-state index is 0.0298. The molecule has 35 heavy (non-hydrogen) atoms. The lowest BCUT2D eigenvalue weighted by Crippen LogP contribution is -2.33. The molecule has 7 heteroatoms. The molecular formula is C28H27NO6. The van der Waals surface area contributed by atoms with Crippen molar-refractivity contribution >= 4 is 17.6 Å². The van der Waals surface area contributed by atoms with E-state index in [9.17, 15) is 19.8 Å². The van der Waals surface area contributed by atoms with Gasteiger partial charge in [0.25, 0.3) is 0 Å². The number of rotatable bonds is 7. The van der Waals surface area contributed by atoms with Crippen molar-refractivity contribution in [3.63, 3.8) is 0 Å². The van der Waals surface area contributed by atoms with Gasteiger partial charge in [-0.1, -0.05) is 50.8 Å². The minimum Gasteiger partial charge on any atom is -0.508 e. The van der Waals surface area contributed by atoms with Gasteiger partial charge in [0, 0.05) is 23.6 Å². The highest BCUT2D eigenvalue weighted by Crippen LogP contribution is 2.59. The number of phenolic OH excluding ortho intramolecular Hbond substituents is 2. The van der Waals surface area contributed by atoms with Gasteiger partial charge in [0.05, 0.1) is 11.1 Å². The van der Waals surface area contributed by atoms with Crippen LogP contribution in [0, 0.1) is 0 Å². The van der Waals surface area contributed by atoms with E-state index in [1.807, 2.05) is 12.1 Å². The summed E-state index contributed by atoms with van der Waals surface area (Å²) in [5, 5.41) is 23.6. The molecule has 1 atom stereocenters. The number of aromatic hydroxyl groups is 2. The SMILES string of the molecule is CCCCCCCC(=O)Nc1c(O)ccc2c1Oc1cc(O)ccc1C21OC(=O)c2ccccc21. The van der Waals surface area contributed by atoms with Gasteiger partial charge in [-0.15, -0.1) is 0 Å². The predicted octanol–water partition coefficient (Wildman–Crippen LogP) is 5.96. The maximum Gasteiger partial charge on any atom is 0.340 e. The van der Waals surface area contributed by atoms with E-state index in [1.165, 1.54) is 18.2 Å². The summed E-state index contributed by atoms with van der Waals surface area (Å²) in [6, 6.07) is 14.8. The van der Waals surface area contributed by atoms with Gasteiger partial charge in [-0.25, -0.2) is 4.79 Å². The third-order valence-corrected chi connectivity index (χ3v) is 6.62. The zero-order valence-electron chi connectivity index (χ0n) is 19.5. The van der Waals surface area contributed by atoms with Crippen LogP contribution in [-0.4, -0.2) is 22.1 Å². The maximum atomic E-state index is 12.9. The molecule has 3 aromatic carbocycles. The van der Waals surface area contributed by atoms with Gasteiger partial charge in [-0.3, -0.25) is 4.79 Å². The van der Waals surface area contributed by atoms with Crippen LogP contribution in [-0.2, 0) is 15.1 Å². The van der Waals surface area contributed by atoms with E-state index in [4.69, 9.17) is 9.47 Å². The molecule has 2 heterocycles. The summed E-state index contributed by atoms with van der Waals surface area (Å²) < 4.78 is 12.2. The smallest absolute Gasteiger partial charge is 0.340 e. The molecule has 1 unspecified atom stereocenters. The van der Waals surface area contributed by atoms with Crippen molar-refractivity contribution in [3.05, 3.63) is 76.9 Å². The summed E-state index contributed by atoms with van der Waals surface area (Å²) >= 11 is 0. The highest BCUT2D eigenvalue weighted by atomic mass is 16.6. The standard InChI is InChI=1S/C28H27NO6/c1-2-3-4-5-6-11-24(32)29-25-22(31)15-14-21-26(25)34-23-16-17(30)12-13-20(23)28(21)19-10-8-7-9-18(19)27(33)35-28/h7-10,12-16,30-31H,2-6,11H2,1H3,(H,29,32). The van der Waals surface area contributed by atoms with Crippen molar-refractivity contribution in [2.24, 2.45) is 0 Å². The van der Waals surface area contributed by atoms with Crippen LogP contribution in [0.4, 0.5) is 5.69 Å². The molecule has 0 aromatic heterocycles. The number of fused-ring (bicyclic) bond motifs is 6. The summed E-state index contributed by atoms with van der Waals surface area (Å²) in [5.74, 6) is -0.488. The lowest BCUT2D eigenvalue weighted by Gasteiger charge is -2.37. The molecule has 0 saturated carbocycles. The summed E-state index contributed by atoms with van der Waals surface area (Å²) in [6.45, 7) is 2.14. The largest absolute Gasteiger partial charge is 0.508 e. The average molecular weight is 474 g/mol. The Balaban J connectivity index is 1.59. The molecule has 0 bridgehead atoms. The van der Waals surface area contributed by atoms with E-state index < -0.39 is 11.6 Å². The number of hydrogen-bond donors (Lipinski definition) is 3. The molecule has 3 N–H and O–H groups in total. The summed E-state index contributed by atoms with van der Waals surface area (Å²) in [6.07, 6.45) is 5.35. The van der Waals surface area contributed by atoms with Crippen molar-refractivity contribution in [2.45, 2.75) is 51.0 Å². The van der Waals surface area contributed by atoms with Gasteiger partial charge in [0.15, 0.2) is 11.4 Å². The first-order chi connectivity index (χ1) is 17.0. The zero-order chi connectivity index (χ0) is 24.6. The number of hydrogen-bond acceptors (Lipinski definition) is 6. The third-order valence-electron chi connectivity index (χ3n) is 6.62. The summed E-state index contributed by atoms with van der Waals surface area (Å²) in [4.78, 5) is 25.7. The third kappa shape index (κ3) is 3.77. The Morgan fingerprint density at radius 2 is 1.71 bits per heavy atom. The van der Waals surface area contributed by atoms with E-state index >= 15 is 0 Å². The van der Waals surface area contributed by atoms with Gasteiger partial charge in [0.2, 0.25) is 5.91 Å². The predicted molar refractivity (Wildman–Crippen MR) is 130 cm³/mol. The van der Waals surface area contributed by atoms with Gasteiger partial charge in [0.1, 0.15) is 22.9 Å². The topological polar surface area (TPSA) is 105 Å². The average Bonchev–Trinajstić information content (AvgIpc) is 3.14. The first-order valence-corrected chi connectivity index (χ1v) is 12.0. The van der Waals surface area contributed by atoms with Crippen molar-refractivity contribution in [2.75, 3.05) is 5.32 Å². The maximum absolute atomic E-state index is 12.9. The number of amides is 1. The Kier molecular flexibility index (Phi) is 5.84. The Morgan fingerprint density at radius 3 is 2.54 bits per heavy atom. The van der Waals surface area contributed by atoms with E-state index in [-0.39, 0.29) is 34.6 Å². The quantitative estimate of drug-likeness (QED) is 0.222. The molecule has 3 aromatic rings. The minimum atomic E-state index is -1.35. The number of carbonyl (C=O) groups excluding carboxylic acids is 2. The number of anilines is 1. The van der Waals surface area contributed by atoms with E-state index in [2.05, 4.69) is 12.2 Å². The summed E-state index contributed by atoms with van der Waals surface area (Å²) in [5.41, 5.74) is 0.822. The lowest BCUT2D eigenvalue weighted by atomic mass is 9.77. The van der Waals surface area contributed by atoms with E-state index in [0.717, 1.165) is 32.1 Å². The number of carbonyl (C=O) groups is 2. The van der Waals surface area contributed by atoms with Crippen molar-refractivity contribution in [1.29, 1.82) is 0 Å². The Bertz CT molecular complexity index is 1320. The van der Waals surface area contributed by atoms with Crippen LogP contribution < -0.4 is 10.1 Å². The van der Waals surface area contributed by atoms with Crippen LogP contribution in [0.15, 0.2) is 54.6 Å². The van der Waals surface area contributed by atoms with Crippen LogP contribution in [0.2, 0.25) is 0 Å². The number of nitrogens with one attached hydrogen (secondary N) is 1. The number of esters is 1. The molecule has 1 amide bonds. The van der Waals surface area contributed by atoms with E-state index in [0.29, 0.717) is 28.7 Å². The van der Waals surface area contributed by atoms with Crippen LogP contribution in [0.1, 0.15) is 72.5 Å². The molecule has 0 radical (unpaired) electrons. The number of phenols is 2.